The number of H-pyrrole nitrogens is 1. The number of carbonyl (C=O) groups excluding carboxylic acids is 1. The Balaban J connectivity index is 2.16. The van der Waals surface area contributed by atoms with E-state index in [1.807, 2.05) is 0 Å². The summed E-state index contributed by atoms with van der Waals surface area (Å²) in [6.45, 7) is 3.81. The molecule has 0 atom stereocenters. The van der Waals surface area contributed by atoms with Crippen LogP contribution >= 0.6 is 0 Å². The number of nitrogens with zero attached hydrogens (tertiary/aromatic N) is 1. The predicted molar refractivity (Wildman–Crippen MR) is 107 cm³/mol. The minimum atomic E-state index is -0.692. The highest BCUT2D eigenvalue weighted by atomic mass is 16.5. The number of phenols is 1. The Morgan fingerprint density at radius 1 is 1.10 bits per heavy atom. The van der Waals surface area contributed by atoms with Gasteiger partial charge in [-0.15, -0.1) is 0 Å². The highest BCUT2D eigenvalue weighted by Crippen LogP contribution is 2.38. The first-order valence-electron chi connectivity index (χ1n) is 8.55. The van der Waals surface area contributed by atoms with Crippen LogP contribution in [0.1, 0.15) is 15.9 Å². The van der Waals surface area contributed by atoms with Gasteiger partial charge in [0.1, 0.15) is 5.75 Å². The van der Waals surface area contributed by atoms with Crippen LogP contribution in [0.5, 0.6) is 23.0 Å². The van der Waals surface area contributed by atoms with E-state index < -0.39 is 11.5 Å². The number of nitrogens with one attached hydrogen (secondary N) is 1. The third-order valence-corrected chi connectivity index (χ3v) is 4.34. The number of aromatic nitrogens is 2. The van der Waals surface area contributed by atoms with E-state index in [1.165, 1.54) is 33.5 Å². The molecule has 0 aliphatic rings. The van der Waals surface area contributed by atoms with Crippen molar-refractivity contribution in [2.45, 2.75) is 0 Å². The first-order chi connectivity index (χ1) is 13.9. The van der Waals surface area contributed by atoms with Gasteiger partial charge < -0.3 is 19.3 Å². The number of methoxy groups -OCH3 is 3. The fourth-order valence-electron chi connectivity index (χ4n) is 2.91. The lowest BCUT2D eigenvalue weighted by molar-refractivity contribution is 0.0938. The van der Waals surface area contributed by atoms with Gasteiger partial charge in [-0.3, -0.25) is 14.7 Å². The first-order valence-corrected chi connectivity index (χ1v) is 8.55. The van der Waals surface area contributed by atoms with Gasteiger partial charge in [0.2, 0.25) is 5.75 Å². The van der Waals surface area contributed by atoms with Crippen LogP contribution in [0.3, 0.4) is 0 Å². The maximum absolute atomic E-state index is 12.8. The van der Waals surface area contributed by atoms with E-state index in [9.17, 15) is 14.7 Å². The lowest BCUT2D eigenvalue weighted by atomic mass is 10.1. The molecule has 0 unspecified atom stereocenters. The normalized spacial score (nSPS) is 11.3. The standard InChI is InChI=1S/C21H20N2O6/c1-12-15(9-13-10-17(27-2)19(29-4)18(11-13)28-3)21(26)23(22-12)20(25)14-7-5-6-8-16(14)24/h5-11,22,24H,1H2,2-4H3/b15-9+. The molecule has 3 aromatic rings. The summed E-state index contributed by atoms with van der Waals surface area (Å²) in [6.07, 6.45) is 1.56. The molecule has 0 saturated heterocycles. The lowest BCUT2D eigenvalue weighted by Crippen LogP contribution is -2.36. The minimum absolute atomic E-state index is 0.00446. The van der Waals surface area contributed by atoms with Crippen LogP contribution in [0, 0.1) is 0 Å². The van der Waals surface area contributed by atoms with Crippen molar-refractivity contribution in [2.75, 3.05) is 21.3 Å². The van der Waals surface area contributed by atoms with Gasteiger partial charge >= 0.3 is 0 Å². The number of phenolic OH excluding ortho intramolecular Hbond substituents is 1. The molecule has 8 nitrogen and oxygen atoms in total. The number of hydrogen-bond donors (Lipinski definition) is 2. The van der Waals surface area contributed by atoms with Crippen molar-refractivity contribution >= 4 is 18.6 Å². The third-order valence-electron chi connectivity index (χ3n) is 4.34. The van der Waals surface area contributed by atoms with Crippen LogP contribution in [-0.2, 0) is 0 Å². The molecule has 0 radical (unpaired) electrons. The van der Waals surface area contributed by atoms with Crippen LogP contribution in [0.2, 0.25) is 0 Å². The SMILES string of the molecule is C=c1[nH]n(C(=O)c2ccccc2O)c(=O)/c1=C/c1cc(OC)c(OC)c(OC)c1. The molecule has 1 heterocycles. The van der Waals surface area contributed by atoms with Gasteiger partial charge in [-0.25, -0.2) is 0 Å². The van der Waals surface area contributed by atoms with Gasteiger partial charge in [0.25, 0.3) is 11.5 Å². The Morgan fingerprint density at radius 3 is 2.28 bits per heavy atom. The van der Waals surface area contributed by atoms with Gasteiger partial charge in [-0.05, 0) is 35.9 Å². The zero-order valence-electron chi connectivity index (χ0n) is 16.2. The molecule has 2 aromatic carbocycles. The molecular formula is C21H20N2O6. The predicted octanol–water partition coefficient (Wildman–Crippen LogP) is 0.835. The summed E-state index contributed by atoms with van der Waals surface area (Å²) in [4.78, 5) is 25.5. The van der Waals surface area contributed by atoms with E-state index in [2.05, 4.69) is 11.7 Å². The molecule has 150 valence electrons. The quantitative estimate of drug-likeness (QED) is 0.663. The minimum Gasteiger partial charge on any atom is -0.507 e. The number of benzene rings is 2. The monoisotopic (exact) mass is 396 g/mol. The lowest BCUT2D eigenvalue weighted by Gasteiger charge is -2.12. The van der Waals surface area contributed by atoms with Crippen molar-refractivity contribution in [3.8, 4) is 23.0 Å². The average molecular weight is 396 g/mol. The number of aromatic hydroxyl groups is 1. The Kier molecular flexibility index (Phi) is 5.45. The Hall–Kier alpha value is -3.94. The Labute approximate surface area is 165 Å². The van der Waals surface area contributed by atoms with E-state index >= 15 is 0 Å². The highest BCUT2D eigenvalue weighted by Gasteiger charge is 2.17. The summed E-state index contributed by atoms with van der Waals surface area (Å²) in [6, 6.07) is 9.31. The second kappa shape index (κ2) is 7.97. The summed E-state index contributed by atoms with van der Waals surface area (Å²) >= 11 is 0. The topological polar surface area (TPSA) is 103 Å². The Bertz CT molecular complexity index is 1210. The van der Waals surface area contributed by atoms with Crippen LogP contribution in [0.15, 0.2) is 41.2 Å². The van der Waals surface area contributed by atoms with Crippen molar-refractivity contribution < 1.29 is 24.1 Å². The van der Waals surface area contributed by atoms with Crippen molar-refractivity contribution in [3.63, 3.8) is 0 Å². The number of rotatable bonds is 5. The number of aromatic amines is 1. The second-order valence-corrected chi connectivity index (χ2v) is 6.07. The van der Waals surface area contributed by atoms with Crippen LogP contribution in [0.25, 0.3) is 12.7 Å². The molecule has 0 amide bonds. The summed E-state index contributed by atoms with van der Waals surface area (Å²) in [5, 5.41) is 13.0. The van der Waals surface area contributed by atoms with Gasteiger partial charge in [0.05, 0.1) is 37.5 Å². The highest BCUT2D eigenvalue weighted by molar-refractivity contribution is 5.97. The molecule has 29 heavy (non-hydrogen) atoms. The summed E-state index contributed by atoms with van der Waals surface area (Å²) in [7, 11) is 4.47. The van der Waals surface area contributed by atoms with Gasteiger partial charge in [-0.2, -0.15) is 4.68 Å². The van der Waals surface area contributed by atoms with E-state index in [-0.39, 0.29) is 21.9 Å². The van der Waals surface area contributed by atoms with E-state index in [0.29, 0.717) is 22.8 Å². The molecule has 1 aromatic heterocycles. The molecule has 8 heteroatoms. The summed E-state index contributed by atoms with van der Waals surface area (Å²) in [5.41, 5.74) is -0.0187. The maximum Gasteiger partial charge on any atom is 0.283 e. The average Bonchev–Trinajstić information content (AvgIpc) is 3.01. The van der Waals surface area contributed by atoms with Gasteiger partial charge in [0.15, 0.2) is 11.5 Å². The van der Waals surface area contributed by atoms with Crippen LogP contribution < -0.4 is 30.3 Å². The zero-order valence-corrected chi connectivity index (χ0v) is 16.2. The zero-order chi connectivity index (χ0) is 21.1. The third kappa shape index (κ3) is 3.60. The second-order valence-electron chi connectivity index (χ2n) is 6.07. The van der Waals surface area contributed by atoms with Crippen molar-refractivity contribution in [2.24, 2.45) is 0 Å². The molecule has 2 N–H and O–H groups in total. The largest absolute Gasteiger partial charge is 0.507 e. The van der Waals surface area contributed by atoms with Crippen LogP contribution in [-0.4, -0.2) is 42.1 Å². The molecule has 0 saturated carbocycles. The molecule has 0 bridgehead atoms. The number of para-hydroxylation sites is 1. The Morgan fingerprint density at radius 2 is 1.72 bits per heavy atom. The van der Waals surface area contributed by atoms with E-state index in [4.69, 9.17) is 14.2 Å². The fraction of sp³-hybridized carbons (Fsp3) is 0.143. The number of hydrogen-bond acceptors (Lipinski definition) is 6. The molecule has 3 rings (SSSR count). The summed E-state index contributed by atoms with van der Waals surface area (Å²) in [5.74, 6) is 0.347. The van der Waals surface area contributed by atoms with E-state index in [1.54, 1.807) is 30.3 Å². The number of ether oxygens (including phenoxy) is 3. The molecule has 0 aliphatic carbocycles. The van der Waals surface area contributed by atoms with Crippen molar-refractivity contribution in [1.82, 2.24) is 9.78 Å². The van der Waals surface area contributed by atoms with Gasteiger partial charge in [0, 0.05) is 0 Å². The molecular weight excluding hydrogens is 376 g/mol. The van der Waals surface area contributed by atoms with Crippen molar-refractivity contribution in [3.05, 3.63) is 68.4 Å². The van der Waals surface area contributed by atoms with E-state index in [0.717, 1.165) is 4.68 Å². The smallest absolute Gasteiger partial charge is 0.283 e. The first kappa shape index (κ1) is 19.8. The number of carbonyl (C=O) groups is 1. The van der Waals surface area contributed by atoms with Crippen LogP contribution in [0.4, 0.5) is 0 Å². The molecule has 0 spiro atoms. The maximum atomic E-state index is 12.8. The van der Waals surface area contributed by atoms with Gasteiger partial charge in [-0.1, -0.05) is 18.7 Å². The summed E-state index contributed by atoms with van der Waals surface area (Å²) < 4.78 is 16.7. The molecule has 0 fully saturated rings. The van der Waals surface area contributed by atoms with Crippen molar-refractivity contribution in [1.29, 1.82) is 0 Å². The molecule has 0 aliphatic heterocycles. The fourth-order valence-corrected chi connectivity index (χ4v) is 2.91.